The number of carbonyl (C=O) groups excluding carboxylic acids is 1. The average molecular weight is 326 g/mol. The fourth-order valence-corrected chi connectivity index (χ4v) is 2.13. The van der Waals surface area contributed by atoms with Crippen molar-refractivity contribution >= 4 is 11.6 Å². The fourth-order valence-electron chi connectivity index (χ4n) is 2.13. The number of ether oxygens (including phenoxy) is 3. The van der Waals surface area contributed by atoms with Gasteiger partial charge in [-0.05, 0) is 30.7 Å². The number of methoxy groups -OCH3 is 2. The molecule has 0 aliphatic rings. The maximum Gasteiger partial charge on any atom is 0.262 e. The number of aryl methyl sites for hydroxylation is 1. The highest BCUT2D eigenvalue weighted by molar-refractivity contribution is 5.93. The molecule has 0 unspecified atom stereocenters. The molecule has 1 N–H and O–H groups in total. The van der Waals surface area contributed by atoms with Crippen LogP contribution in [0.4, 0.5) is 5.69 Å². The second-order valence-corrected chi connectivity index (χ2v) is 4.97. The van der Waals surface area contributed by atoms with E-state index in [1.165, 1.54) is 7.11 Å². The monoisotopic (exact) mass is 326 g/mol. The summed E-state index contributed by atoms with van der Waals surface area (Å²) in [7, 11) is 3.08. The summed E-state index contributed by atoms with van der Waals surface area (Å²) in [4.78, 5) is 12.1. The summed E-state index contributed by atoms with van der Waals surface area (Å²) in [5, 5.41) is 11.8. The van der Waals surface area contributed by atoms with Crippen LogP contribution in [0.25, 0.3) is 0 Å². The number of anilines is 1. The van der Waals surface area contributed by atoms with E-state index in [1.807, 2.05) is 13.0 Å². The van der Waals surface area contributed by atoms with Crippen molar-refractivity contribution in [1.29, 1.82) is 5.26 Å². The van der Waals surface area contributed by atoms with E-state index < -0.39 is 0 Å². The maximum absolute atomic E-state index is 12.1. The van der Waals surface area contributed by atoms with Gasteiger partial charge < -0.3 is 19.5 Å². The molecule has 0 heterocycles. The minimum atomic E-state index is -0.335. The highest BCUT2D eigenvalue weighted by Gasteiger charge is 2.12. The van der Waals surface area contributed by atoms with Gasteiger partial charge in [0.05, 0.1) is 19.8 Å². The van der Waals surface area contributed by atoms with Gasteiger partial charge in [-0.15, -0.1) is 0 Å². The first kappa shape index (κ1) is 17.2. The SMILES string of the molecule is COc1cc(C)c(NC(=O)COc2ccccc2C#N)cc1OC. The fraction of sp³-hybridized carbons (Fsp3) is 0.222. The molecule has 0 spiro atoms. The number of nitrogens with one attached hydrogen (secondary N) is 1. The van der Waals surface area contributed by atoms with Crippen LogP contribution >= 0.6 is 0 Å². The molecule has 0 saturated carbocycles. The Morgan fingerprint density at radius 1 is 1.12 bits per heavy atom. The lowest BCUT2D eigenvalue weighted by atomic mass is 10.1. The van der Waals surface area contributed by atoms with Gasteiger partial charge in [-0.2, -0.15) is 5.26 Å². The lowest BCUT2D eigenvalue weighted by Gasteiger charge is -2.14. The van der Waals surface area contributed by atoms with E-state index in [9.17, 15) is 4.79 Å². The summed E-state index contributed by atoms with van der Waals surface area (Å²) < 4.78 is 15.9. The first-order chi connectivity index (χ1) is 11.6. The second kappa shape index (κ2) is 7.88. The smallest absolute Gasteiger partial charge is 0.262 e. The van der Waals surface area contributed by atoms with Crippen LogP contribution < -0.4 is 19.5 Å². The van der Waals surface area contributed by atoms with Crippen LogP contribution in [0.5, 0.6) is 17.2 Å². The number of nitriles is 1. The van der Waals surface area contributed by atoms with Crippen LogP contribution in [0.2, 0.25) is 0 Å². The van der Waals surface area contributed by atoms with Gasteiger partial charge in [-0.1, -0.05) is 12.1 Å². The Balaban J connectivity index is 2.06. The van der Waals surface area contributed by atoms with Crippen LogP contribution in [-0.2, 0) is 4.79 Å². The number of amides is 1. The highest BCUT2D eigenvalue weighted by atomic mass is 16.5. The van der Waals surface area contributed by atoms with E-state index in [4.69, 9.17) is 19.5 Å². The number of para-hydroxylation sites is 1. The Hall–Kier alpha value is -3.20. The number of nitrogens with zero attached hydrogens (tertiary/aromatic N) is 1. The Kier molecular flexibility index (Phi) is 5.63. The van der Waals surface area contributed by atoms with Crippen LogP contribution in [-0.4, -0.2) is 26.7 Å². The van der Waals surface area contributed by atoms with Crippen LogP contribution in [0.1, 0.15) is 11.1 Å². The molecule has 1 amide bonds. The quantitative estimate of drug-likeness (QED) is 0.883. The van der Waals surface area contributed by atoms with Gasteiger partial charge in [0.25, 0.3) is 5.91 Å². The van der Waals surface area contributed by atoms with Crippen molar-refractivity contribution in [2.24, 2.45) is 0 Å². The largest absolute Gasteiger partial charge is 0.493 e. The first-order valence-corrected chi connectivity index (χ1v) is 7.23. The number of rotatable bonds is 6. The van der Waals surface area contributed by atoms with E-state index in [1.54, 1.807) is 43.5 Å². The highest BCUT2D eigenvalue weighted by Crippen LogP contribution is 2.32. The molecule has 6 nitrogen and oxygen atoms in total. The van der Waals surface area contributed by atoms with Crippen molar-refractivity contribution in [3.05, 3.63) is 47.5 Å². The Morgan fingerprint density at radius 2 is 1.79 bits per heavy atom. The molecule has 2 aromatic carbocycles. The molecule has 0 atom stereocenters. The molecule has 6 heteroatoms. The molecule has 0 bridgehead atoms. The molecule has 0 aliphatic carbocycles. The molecule has 0 saturated heterocycles. The Bertz CT molecular complexity index is 781. The summed E-state index contributed by atoms with van der Waals surface area (Å²) >= 11 is 0. The van der Waals surface area contributed by atoms with Crippen molar-refractivity contribution in [3.8, 4) is 23.3 Å². The number of hydrogen-bond donors (Lipinski definition) is 1. The number of hydrogen-bond acceptors (Lipinski definition) is 5. The second-order valence-electron chi connectivity index (χ2n) is 4.97. The summed E-state index contributed by atoms with van der Waals surface area (Å²) in [6.45, 7) is 1.65. The van der Waals surface area contributed by atoms with Crippen LogP contribution in [0, 0.1) is 18.3 Å². The van der Waals surface area contributed by atoms with E-state index in [0.29, 0.717) is 28.5 Å². The molecule has 24 heavy (non-hydrogen) atoms. The molecule has 2 rings (SSSR count). The van der Waals surface area contributed by atoms with Gasteiger partial charge in [-0.3, -0.25) is 4.79 Å². The third kappa shape index (κ3) is 3.96. The lowest BCUT2D eigenvalue weighted by Crippen LogP contribution is -2.21. The van der Waals surface area contributed by atoms with Gasteiger partial charge >= 0.3 is 0 Å². The predicted octanol–water partition coefficient (Wildman–Crippen LogP) is 2.90. The van der Waals surface area contributed by atoms with Gasteiger partial charge in [0, 0.05) is 11.8 Å². The summed E-state index contributed by atoms with van der Waals surface area (Å²) in [5.74, 6) is 1.15. The molecular weight excluding hydrogens is 308 g/mol. The van der Waals surface area contributed by atoms with Crippen molar-refractivity contribution in [2.75, 3.05) is 26.1 Å². The number of benzene rings is 2. The number of carbonyl (C=O) groups is 1. The third-order valence-corrected chi connectivity index (χ3v) is 3.37. The first-order valence-electron chi connectivity index (χ1n) is 7.23. The van der Waals surface area contributed by atoms with Gasteiger partial charge in [0.1, 0.15) is 11.8 Å². The Morgan fingerprint density at radius 3 is 2.46 bits per heavy atom. The van der Waals surface area contributed by atoms with E-state index in [2.05, 4.69) is 5.32 Å². The van der Waals surface area contributed by atoms with Gasteiger partial charge in [0.2, 0.25) is 0 Å². The lowest BCUT2D eigenvalue weighted by molar-refractivity contribution is -0.118. The topological polar surface area (TPSA) is 80.6 Å². The van der Waals surface area contributed by atoms with Gasteiger partial charge in [-0.25, -0.2) is 0 Å². The standard InChI is InChI=1S/C18H18N2O4/c1-12-8-16(22-2)17(23-3)9-14(12)20-18(21)11-24-15-7-5-4-6-13(15)10-19/h4-9H,11H2,1-3H3,(H,20,21). The zero-order valence-corrected chi connectivity index (χ0v) is 13.8. The summed E-state index contributed by atoms with van der Waals surface area (Å²) in [6, 6.07) is 12.2. The zero-order valence-electron chi connectivity index (χ0n) is 13.8. The average Bonchev–Trinajstić information content (AvgIpc) is 2.61. The third-order valence-electron chi connectivity index (χ3n) is 3.37. The maximum atomic E-state index is 12.1. The molecule has 124 valence electrons. The van der Waals surface area contributed by atoms with Crippen LogP contribution in [0.15, 0.2) is 36.4 Å². The van der Waals surface area contributed by atoms with Gasteiger partial charge in [0.15, 0.2) is 18.1 Å². The zero-order chi connectivity index (χ0) is 17.5. The minimum absolute atomic E-state index is 0.202. The molecular formula is C18H18N2O4. The normalized spacial score (nSPS) is 9.75. The predicted molar refractivity (Wildman–Crippen MR) is 89.6 cm³/mol. The van der Waals surface area contributed by atoms with Crippen molar-refractivity contribution in [3.63, 3.8) is 0 Å². The molecule has 0 fully saturated rings. The molecule has 0 aromatic heterocycles. The summed E-state index contributed by atoms with van der Waals surface area (Å²) in [5.41, 5.74) is 1.82. The molecule has 2 aromatic rings. The Labute approximate surface area is 140 Å². The molecule has 0 aliphatic heterocycles. The van der Waals surface area contributed by atoms with Crippen LogP contribution in [0.3, 0.4) is 0 Å². The van der Waals surface area contributed by atoms with E-state index in [-0.39, 0.29) is 12.5 Å². The summed E-state index contributed by atoms with van der Waals surface area (Å²) in [6.07, 6.45) is 0. The molecule has 0 radical (unpaired) electrons. The van der Waals surface area contributed by atoms with Crippen molar-refractivity contribution in [2.45, 2.75) is 6.92 Å². The van der Waals surface area contributed by atoms with E-state index >= 15 is 0 Å². The minimum Gasteiger partial charge on any atom is -0.493 e. The van der Waals surface area contributed by atoms with E-state index in [0.717, 1.165) is 5.56 Å². The van der Waals surface area contributed by atoms with Crippen molar-refractivity contribution in [1.82, 2.24) is 0 Å². The van der Waals surface area contributed by atoms with Crippen molar-refractivity contribution < 1.29 is 19.0 Å².